The number of aliphatic hydroxyl groups excluding tert-OH is 1. The Morgan fingerprint density at radius 3 is 2.27 bits per heavy atom. The number of aldehydes is 1. The van der Waals surface area contributed by atoms with Gasteiger partial charge in [-0.15, -0.1) is 0 Å². The topological polar surface area (TPSA) is 37.3 Å². The lowest BCUT2D eigenvalue weighted by Crippen LogP contribution is -1.82. The summed E-state index contributed by atoms with van der Waals surface area (Å²) in [6, 6.07) is 8.28. The highest BCUT2D eigenvalue weighted by Crippen LogP contribution is 2.07. The molecular formula is C13H18O2. The van der Waals surface area contributed by atoms with Crippen LogP contribution < -0.4 is 0 Å². The van der Waals surface area contributed by atoms with Crippen LogP contribution in [0.15, 0.2) is 30.3 Å². The molecule has 0 saturated carbocycles. The smallest absolute Gasteiger partial charge is 0.142 e. The fraction of sp³-hybridized carbons (Fsp3) is 0.308. The van der Waals surface area contributed by atoms with E-state index in [0.29, 0.717) is 0 Å². The van der Waals surface area contributed by atoms with Crippen LogP contribution in [0.5, 0.6) is 0 Å². The van der Waals surface area contributed by atoms with E-state index in [-0.39, 0.29) is 0 Å². The van der Waals surface area contributed by atoms with Gasteiger partial charge in [-0.3, -0.25) is 4.79 Å². The molecule has 2 heteroatoms. The Morgan fingerprint density at radius 2 is 1.80 bits per heavy atom. The molecule has 0 saturated heterocycles. The van der Waals surface area contributed by atoms with Gasteiger partial charge in [0.15, 0.2) is 0 Å². The first-order chi connectivity index (χ1) is 7.36. The Bertz CT molecular complexity index is 286. The predicted octanol–water partition coefficient (Wildman–Crippen LogP) is 2.46. The number of carbonyl (C=O) groups is 1. The summed E-state index contributed by atoms with van der Waals surface area (Å²) in [4.78, 5) is 10.1. The Kier molecular flexibility index (Phi) is 8.30. The van der Waals surface area contributed by atoms with Crippen molar-refractivity contribution in [3.05, 3.63) is 41.5 Å². The number of allylic oxidation sites excluding steroid dienone is 1. The third kappa shape index (κ3) is 5.81. The van der Waals surface area contributed by atoms with Gasteiger partial charge in [0.1, 0.15) is 6.29 Å². The number of aryl methyl sites for hydroxylation is 1. The van der Waals surface area contributed by atoms with Crippen LogP contribution in [-0.4, -0.2) is 18.5 Å². The normalized spacial score (nSPS) is 9.53. The fourth-order valence-electron chi connectivity index (χ4n) is 1.23. The molecule has 0 aliphatic carbocycles. The lowest BCUT2D eigenvalue weighted by atomic mass is 10.1. The molecule has 1 N–H and O–H groups in total. The van der Waals surface area contributed by atoms with Crippen LogP contribution in [0, 0.1) is 0 Å². The van der Waals surface area contributed by atoms with Crippen LogP contribution >= 0.6 is 0 Å². The molecule has 0 aliphatic rings. The quantitative estimate of drug-likeness (QED) is 0.607. The van der Waals surface area contributed by atoms with Crippen molar-refractivity contribution in [1.82, 2.24) is 0 Å². The average molecular weight is 206 g/mol. The summed E-state index contributed by atoms with van der Waals surface area (Å²) in [5.41, 5.74) is 2.43. The van der Waals surface area contributed by atoms with Crippen LogP contribution in [0.3, 0.4) is 0 Å². The number of hydrogen-bond donors (Lipinski definition) is 1. The maximum absolute atomic E-state index is 10.1. The number of rotatable bonds is 4. The third-order valence-electron chi connectivity index (χ3n) is 1.89. The maximum atomic E-state index is 10.1. The molecule has 0 radical (unpaired) electrons. The zero-order chi connectivity index (χ0) is 11.5. The highest BCUT2D eigenvalue weighted by molar-refractivity contribution is 5.73. The lowest BCUT2D eigenvalue weighted by Gasteiger charge is -1.98. The van der Waals surface area contributed by atoms with Crippen LogP contribution in [-0.2, 0) is 11.2 Å². The minimum Gasteiger partial charge on any atom is -0.400 e. The summed E-state index contributed by atoms with van der Waals surface area (Å²) in [6.07, 6.45) is 6.40. The van der Waals surface area contributed by atoms with Gasteiger partial charge in [0.05, 0.1) is 0 Å². The van der Waals surface area contributed by atoms with Crippen LogP contribution in [0.25, 0.3) is 6.08 Å². The molecule has 0 aliphatic heterocycles. The Labute approximate surface area is 91.3 Å². The van der Waals surface area contributed by atoms with E-state index in [1.807, 2.05) is 18.2 Å². The van der Waals surface area contributed by atoms with E-state index >= 15 is 0 Å². The van der Waals surface area contributed by atoms with Gasteiger partial charge in [-0.05, 0) is 23.6 Å². The molecule has 0 heterocycles. The van der Waals surface area contributed by atoms with Gasteiger partial charge >= 0.3 is 0 Å². The number of benzene rings is 1. The molecule has 2 nitrogen and oxygen atoms in total. The molecule has 82 valence electrons. The van der Waals surface area contributed by atoms with Crippen molar-refractivity contribution in [3.8, 4) is 0 Å². The zero-order valence-corrected chi connectivity index (χ0v) is 9.31. The summed E-state index contributed by atoms with van der Waals surface area (Å²) in [5, 5.41) is 7.00. The number of carbonyl (C=O) groups excluding carboxylic acids is 1. The largest absolute Gasteiger partial charge is 0.400 e. The third-order valence-corrected chi connectivity index (χ3v) is 1.89. The highest BCUT2D eigenvalue weighted by atomic mass is 16.2. The van der Waals surface area contributed by atoms with E-state index < -0.39 is 0 Å². The maximum Gasteiger partial charge on any atom is 0.142 e. The van der Waals surface area contributed by atoms with Crippen molar-refractivity contribution in [3.63, 3.8) is 0 Å². The van der Waals surface area contributed by atoms with Gasteiger partial charge in [0.25, 0.3) is 0 Å². The second-order valence-corrected chi connectivity index (χ2v) is 2.99. The van der Waals surface area contributed by atoms with Crippen LogP contribution in [0.1, 0.15) is 24.5 Å². The van der Waals surface area contributed by atoms with E-state index in [0.717, 1.165) is 25.4 Å². The first-order valence-electron chi connectivity index (χ1n) is 5.02. The van der Waals surface area contributed by atoms with Crippen molar-refractivity contribution in [2.75, 3.05) is 7.11 Å². The Morgan fingerprint density at radius 1 is 1.20 bits per heavy atom. The van der Waals surface area contributed by atoms with Gasteiger partial charge in [-0.25, -0.2) is 0 Å². The van der Waals surface area contributed by atoms with E-state index in [1.54, 1.807) is 0 Å². The van der Waals surface area contributed by atoms with E-state index in [9.17, 15) is 4.79 Å². The molecule has 15 heavy (non-hydrogen) atoms. The van der Waals surface area contributed by atoms with Crippen LogP contribution in [0.4, 0.5) is 0 Å². The van der Waals surface area contributed by atoms with Crippen molar-refractivity contribution >= 4 is 12.4 Å². The van der Waals surface area contributed by atoms with Crippen molar-refractivity contribution in [2.45, 2.75) is 19.8 Å². The molecule has 0 fully saturated rings. The van der Waals surface area contributed by atoms with E-state index in [1.165, 1.54) is 18.1 Å². The summed E-state index contributed by atoms with van der Waals surface area (Å²) in [7, 11) is 1.00. The predicted molar refractivity (Wildman–Crippen MR) is 63.7 cm³/mol. The highest BCUT2D eigenvalue weighted by Gasteiger charge is 1.90. The molecular weight excluding hydrogens is 188 g/mol. The monoisotopic (exact) mass is 206 g/mol. The summed E-state index contributed by atoms with van der Waals surface area (Å²) in [5.74, 6) is 0. The van der Waals surface area contributed by atoms with Gasteiger partial charge in [0.2, 0.25) is 0 Å². The number of aliphatic hydroxyl groups is 1. The number of hydrogen-bond acceptors (Lipinski definition) is 2. The molecule has 0 atom stereocenters. The van der Waals surface area contributed by atoms with E-state index in [2.05, 4.69) is 19.1 Å². The molecule has 1 aromatic rings. The molecule has 1 rings (SSSR count). The minimum atomic E-state index is 0.792. The summed E-state index contributed by atoms with van der Waals surface area (Å²) in [6.45, 7) is 2.17. The van der Waals surface area contributed by atoms with Gasteiger partial charge < -0.3 is 5.11 Å². The zero-order valence-electron chi connectivity index (χ0n) is 9.31. The first kappa shape index (κ1) is 13.6. The fourth-order valence-corrected chi connectivity index (χ4v) is 1.23. The van der Waals surface area contributed by atoms with Gasteiger partial charge in [-0.1, -0.05) is 43.7 Å². The molecule has 0 bridgehead atoms. The standard InChI is InChI=1S/C12H14O.CH4O/c1-2-4-11-6-8-12(9-7-11)5-3-10-13;1-2/h3,5-10H,2,4H2,1H3;2H,1H3/b5-3+;. The van der Waals surface area contributed by atoms with Crippen molar-refractivity contribution < 1.29 is 9.90 Å². The average Bonchev–Trinajstić information content (AvgIpc) is 2.31. The van der Waals surface area contributed by atoms with E-state index in [4.69, 9.17) is 5.11 Å². The second kappa shape index (κ2) is 9.16. The van der Waals surface area contributed by atoms with Gasteiger partial charge in [0, 0.05) is 7.11 Å². The minimum absolute atomic E-state index is 0.792. The lowest BCUT2D eigenvalue weighted by molar-refractivity contribution is -0.104. The van der Waals surface area contributed by atoms with Crippen LogP contribution in [0.2, 0.25) is 0 Å². The van der Waals surface area contributed by atoms with Gasteiger partial charge in [-0.2, -0.15) is 0 Å². The Balaban J connectivity index is 0.000000921. The molecule has 0 aromatic heterocycles. The summed E-state index contributed by atoms with van der Waals surface area (Å²) < 4.78 is 0. The second-order valence-electron chi connectivity index (χ2n) is 2.99. The van der Waals surface area contributed by atoms with Crippen molar-refractivity contribution in [1.29, 1.82) is 0 Å². The SMILES string of the molecule is CCCc1ccc(/C=C/C=O)cc1.CO. The van der Waals surface area contributed by atoms with Crippen molar-refractivity contribution in [2.24, 2.45) is 0 Å². The molecule has 0 unspecified atom stereocenters. The molecule has 0 amide bonds. The molecule has 0 spiro atoms. The first-order valence-corrected chi connectivity index (χ1v) is 5.02. The Hall–Kier alpha value is -1.41. The summed E-state index contributed by atoms with van der Waals surface area (Å²) >= 11 is 0. The molecule has 1 aromatic carbocycles.